The Balaban J connectivity index is 2.34. The zero-order chi connectivity index (χ0) is 15.4. The molecule has 0 saturated heterocycles. The summed E-state index contributed by atoms with van der Waals surface area (Å²) < 4.78 is 0. The van der Waals surface area contributed by atoms with Gasteiger partial charge >= 0.3 is 0 Å². The summed E-state index contributed by atoms with van der Waals surface area (Å²) in [4.78, 5) is 9.45. The monoisotopic (exact) mass is 283 g/mol. The Hall–Kier alpha value is -1.74. The number of aromatic nitrogens is 2. The van der Waals surface area contributed by atoms with Crippen LogP contribution in [0, 0.1) is 20.8 Å². The molecule has 3 heteroatoms. The highest BCUT2D eigenvalue weighted by atomic mass is 14.9. The topological polar surface area (TPSA) is 37.8 Å². The number of hydrogen-bond acceptors (Lipinski definition) is 3. The lowest BCUT2D eigenvalue weighted by molar-refractivity contribution is 0.624. The number of nitrogens with zero attached hydrogens (tertiary/aromatic N) is 2. The second-order valence-electron chi connectivity index (χ2n) is 5.71. The van der Waals surface area contributed by atoms with Crippen LogP contribution in [0.4, 0.5) is 0 Å². The summed E-state index contributed by atoms with van der Waals surface area (Å²) in [5, 5.41) is 3.40. The van der Waals surface area contributed by atoms with Crippen LogP contribution in [0.3, 0.4) is 0 Å². The number of aryl methyl sites for hydroxylation is 3. The smallest absolute Gasteiger partial charge is 0.159 e. The number of benzene rings is 1. The lowest BCUT2D eigenvalue weighted by atomic mass is 9.97. The van der Waals surface area contributed by atoms with Crippen molar-refractivity contribution in [3.63, 3.8) is 0 Å². The van der Waals surface area contributed by atoms with E-state index in [0.29, 0.717) is 5.92 Å². The average Bonchev–Trinajstić information content (AvgIpc) is 2.45. The predicted octanol–water partition coefficient (Wildman–Crippen LogP) is 3.78. The van der Waals surface area contributed by atoms with E-state index in [1.54, 1.807) is 0 Å². The molecule has 0 saturated carbocycles. The first-order chi connectivity index (χ1) is 10.0. The zero-order valence-corrected chi connectivity index (χ0v) is 13.7. The summed E-state index contributed by atoms with van der Waals surface area (Å²) in [6.45, 7) is 12.6. The minimum absolute atomic E-state index is 0.428. The number of likely N-dealkylation sites (N-methyl/N-ethyl adjacent to an activating group) is 1. The molecule has 1 aromatic heterocycles. The largest absolute Gasteiger partial charge is 0.316 e. The molecular formula is C18H25N3. The van der Waals surface area contributed by atoms with Gasteiger partial charge in [-0.25, -0.2) is 9.97 Å². The molecule has 1 N–H and O–H groups in total. The summed E-state index contributed by atoms with van der Waals surface area (Å²) in [6.07, 6.45) is 0. The number of nitrogens with one attached hydrogen (secondary N) is 1. The number of hydrogen-bond donors (Lipinski definition) is 1. The molecule has 0 aliphatic carbocycles. The van der Waals surface area contributed by atoms with E-state index in [-0.39, 0.29) is 0 Å². The lowest BCUT2D eigenvalue weighted by Crippen LogP contribution is -2.21. The Bertz CT molecular complexity index is 579. The van der Waals surface area contributed by atoms with Gasteiger partial charge in [-0.15, -0.1) is 0 Å². The van der Waals surface area contributed by atoms with Gasteiger partial charge in [0.1, 0.15) is 0 Å². The minimum Gasteiger partial charge on any atom is -0.316 e. The van der Waals surface area contributed by atoms with Crippen molar-refractivity contribution in [2.24, 2.45) is 0 Å². The molecule has 1 heterocycles. The molecule has 3 nitrogen and oxygen atoms in total. The molecule has 0 bridgehead atoms. The third-order valence-electron chi connectivity index (χ3n) is 3.83. The first-order valence-corrected chi connectivity index (χ1v) is 7.65. The highest BCUT2D eigenvalue weighted by Crippen LogP contribution is 2.24. The standard InChI is InChI=1S/C18H25N3/c1-6-19-11-13(3)17-14(4)20-18(21-15(17)5)16-9-7-12(2)8-10-16/h7-10,13,19H,6,11H2,1-5H3. The van der Waals surface area contributed by atoms with Gasteiger partial charge in [0.2, 0.25) is 0 Å². The van der Waals surface area contributed by atoms with Crippen LogP contribution in [-0.4, -0.2) is 23.1 Å². The van der Waals surface area contributed by atoms with E-state index >= 15 is 0 Å². The Morgan fingerprint density at radius 3 is 2.10 bits per heavy atom. The Morgan fingerprint density at radius 1 is 1.00 bits per heavy atom. The van der Waals surface area contributed by atoms with E-state index < -0.39 is 0 Å². The van der Waals surface area contributed by atoms with Crippen molar-refractivity contribution >= 4 is 0 Å². The van der Waals surface area contributed by atoms with Gasteiger partial charge in [0, 0.05) is 23.5 Å². The van der Waals surface area contributed by atoms with Gasteiger partial charge in [-0.3, -0.25) is 0 Å². The summed E-state index contributed by atoms with van der Waals surface area (Å²) in [5.74, 6) is 1.25. The van der Waals surface area contributed by atoms with Crippen LogP contribution >= 0.6 is 0 Å². The molecule has 1 unspecified atom stereocenters. The van der Waals surface area contributed by atoms with E-state index in [1.165, 1.54) is 11.1 Å². The van der Waals surface area contributed by atoms with Crippen molar-refractivity contribution in [2.75, 3.05) is 13.1 Å². The van der Waals surface area contributed by atoms with Crippen molar-refractivity contribution in [3.8, 4) is 11.4 Å². The fraction of sp³-hybridized carbons (Fsp3) is 0.444. The van der Waals surface area contributed by atoms with Crippen molar-refractivity contribution in [2.45, 2.75) is 40.5 Å². The third-order valence-corrected chi connectivity index (χ3v) is 3.83. The van der Waals surface area contributed by atoms with E-state index in [0.717, 1.165) is 35.9 Å². The number of rotatable bonds is 5. The van der Waals surface area contributed by atoms with Gasteiger partial charge in [0.05, 0.1) is 0 Å². The highest BCUT2D eigenvalue weighted by molar-refractivity contribution is 5.56. The molecule has 1 atom stereocenters. The van der Waals surface area contributed by atoms with Crippen LogP contribution in [0.15, 0.2) is 24.3 Å². The first kappa shape index (κ1) is 15.6. The molecule has 0 fully saturated rings. The molecule has 112 valence electrons. The van der Waals surface area contributed by atoms with Crippen LogP contribution in [0.2, 0.25) is 0 Å². The second-order valence-corrected chi connectivity index (χ2v) is 5.71. The first-order valence-electron chi connectivity index (χ1n) is 7.65. The molecule has 2 aromatic rings. The summed E-state index contributed by atoms with van der Waals surface area (Å²) in [6, 6.07) is 8.38. The molecule has 0 aliphatic heterocycles. The lowest BCUT2D eigenvalue weighted by Gasteiger charge is -2.17. The SMILES string of the molecule is CCNCC(C)c1c(C)nc(-c2ccc(C)cc2)nc1C. The van der Waals surface area contributed by atoms with Crippen LogP contribution in [0.1, 0.15) is 42.3 Å². The maximum Gasteiger partial charge on any atom is 0.159 e. The maximum atomic E-state index is 4.72. The van der Waals surface area contributed by atoms with Crippen LogP contribution < -0.4 is 5.32 Å². The van der Waals surface area contributed by atoms with E-state index in [9.17, 15) is 0 Å². The van der Waals surface area contributed by atoms with E-state index in [2.05, 4.69) is 64.2 Å². The Morgan fingerprint density at radius 2 is 1.57 bits per heavy atom. The van der Waals surface area contributed by atoms with Crippen LogP contribution in [0.5, 0.6) is 0 Å². The zero-order valence-electron chi connectivity index (χ0n) is 13.7. The Kier molecular flexibility index (Phi) is 5.07. The molecule has 0 radical (unpaired) electrons. The van der Waals surface area contributed by atoms with E-state index in [4.69, 9.17) is 9.97 Å². The maximum absolute atomic E-state index is 4.72. The fourth-order valence-corrected chi connectivity index (χ4v) is 2.73. The molecular weight excluding hydrogens is 258 g/mol. The van der Waals surface area contributed by atoms with Gasteiger partial charge in [0.15, 0.2) is 5.82 Å². The van der Waals surface area contributed by atoms with Gasteiger partial charge in [-0.1, -0.05) is 43.7 Å². The average molecular weight is 283 g/mol. The predicted molar refractivity (Wildman–Crippen MR) is 88.6 cm³/mol. The highest BCUT2D eigenvalue weighted by Gasteiger charge is 2.15. The fourth-order valence-electron chi connectivity index (χ4n) is 2.73. The normalized spacial score (nSPS) is 12.4. The molecule has 1 aromatic carbocycles. The molecule has 21 heavy (non-hydrogen) atoms. The molecule has 0 spiro atoms. The summed E-state index contributed by atoms with van der Waals surface area (Å²) in [7, 11) is 0. The third kappa shape index (κ3) is 3.67. The van der Waals surface area contributed by atoms with Crippen LogP contribution in [-0.2, 0) is 0 Å². The molecule has 2 rings (SSSR count). The van der Waals surface area contributed by atoms with Crippen molar-refractivity contribution in [1.82, 2.24) is 15.3 Å². The van der Waals surface area contributed by atoms with Gasteiger partial charge in [-0.05, 0) is 38.8 Å². The summed E-state index contributed by atoms with van der Waals surface area (Å²) in [5.41, 5.74) is 5.78. The quantitative estimate of drug-likeness (QED) is 0.907. The van der Waals surface area contributed by atoms with E-state index in [1.807, 2.05) is 0 Å². The van der Waals surface area contributed by atoms with Gasteiger partial charge < -0.3 is 5.32 Å². The molecule has 0 amide bonds. The van der Waals surface area contributed by atoms with Gasteiger partial charge in [0.25, 0.3) is 0 Å². The minimum atomic E-state index is 0.428. The van der Waals surface area contributed by atoms with Crippen molar-refractivity contribution in [1.29, 1.82) is 0 Å². The van der Waals surface area contributed by atoms with Crippen molar-refractivity contribution < 1.29 is 0 Å². The summed E-state index contributed by atoms with van der Waals surface area (Å²) >= 11 is 0. The Labute approximate surface area is 127 Å². The van der Waals surface area contributed by atoms with Gasteiger partial charge in [-0.2, -0.15) is 0 Å². The van der Waals surface area contributed by atoms with Crippen molar-refractivity contribution in [3.05, 3.63) is 46.8 Å². The molecule has 0 aliphatic rings. The van der Waals surface area contributed by atoms with Crippen LogP contribution in [0.25, 0.3) is 11.4 Å². The second kappa shape index (κ2) is 6.81.